The second kappa shape index (κ2) is 3.60. The average molecular weight is 196 g/mol. The maximum Gasteiger partial charge on any atom is 0.178 e. The molecular weight excluding hydrogens is 184 g/mol. The van der Waals surface area contributed by atoms with E-state index < -0.39 is 0 Å². The van der Waals surface area contributed by atoms with Crippen LogP contribution in [0.15, 0.2) is 17.5 Å². The van der Waals surface area contributed by atoms with Crippen molar-refractivity contribution >= 4 is 17.1 Å². The van der Waals surface area contributed by atoms with Crippen molar-refractivity contribution in [2.75, 3.05) is 6.61 Å². The maximum atomic E-state index is 11.7. The minimum absolute atomic E-state index is 0.138. The highest BCUT2D eigenvalue weighted by Gasteiger charge is 2.44. The van der Waals surface area contributed by atoms with Gasteiger partial charge in [0.1, 0.15) is 0 Å². The summed E-state index contributed by atoms with van der Waals surface area (Å²) < 4.78 is 5.37. The molecule has 0 amide bonds. The Labute approximate surface area is 81.5 Å². The van der Waals surface area contributed by atoms with Gasteiger partial charge in [-0.1, -0.05) is 6.07 Å². The molecule has 0 N–H and O–H groups in total. The number of rotatable bonds is 4. The smallest absolute Gasteiger partial charge is 0.178 e. The fourth-order valence-electron chi connectivity index (χ4n) is 1.45. The van der Waals surface area contributed by atoms with E-state index in [1.54, 1.807) is 0 Å². The molecule has 13 heavy (non-hydrogen) atoms. The predicted molar refractivity (Wildman–Crippen MR) is 52.2 cm³/mol. The van der Waals surface area contributed by atoms with E-state index in [0.717, 1.165) is 11.3 Å². The lowest BCUT2D eigenvalue weighted by molar-refractivity contribution is 0.0874. The van der Waals surface area contributed by atoms with Crippen LogP contribution in [0.5, 0.6) is 0 Å². The lowest BCUT2D eigenvalue weighted by Crippen LogP contribution is -2.05. The van der Waals surface area contributed by atoms with Crippen LogP contribution in [0.4, 0.5) is 0 Å². The van der Waals surface area contributed by atoms with Gasteiger partial charge in [-0.3, -0.25) is 4.79 Å². The molecule has 0 aliphatic heterocycles. The predicted octanol–water partition coefficient (Wildman–Crippen LogP) is 2.36. The Hall–Kier alpha value is -0.670. The number of hydrogen-bond acceptors (Lipinski definition) is 3. The van der Waals surface area contributed by atoms with Gasteiger partial charge in [-0.15, -0.1) is 11.3 Å². The first-order valence-electron chi connectivity index (χ1n) is 4.52. The minimum atomic E-state index is 0.138. The van der Waals surface area contributed by atoms with E-state index in [2.05, 4.69) is 0 Å². The molecule has 0 saturated heterocycles. The van der Waals surface area contributed by atoms with Gasteiger partial charge in [-0.05, 0) is 24.8 Å². The molecular formula is C10H12O2S. The van der Waals surface area contributed by atoms with Crippen molar-refractivity contribution in [2.45, 2.75) is 19.4 Å². The van der Waals surface area contributed by atoms with Gasteiger partial charge >= 0.3 is 0 Å². The Kier molecular flexibility index (Phi) is 2.47. The Morgan fingerprint density at radius 3 is 3.23 bits per heavy atom. The molecule has 3 heteroatoms. The number of carbonyl (C=O) groups excluding carboxylic acids is 1. The van der Waals surface area contributed by atoms with Crippen LogP contribution < -0.4 is 0 Å². The molecule has 70 valence electrons. The summed E-state index contributed by atoms with van der Waals surface area (Å²) in [6.45, 7) is 2.67. The van der Waals surface area contributed by atoms with Crippen LogP contribution in [0.2, 0.25) is 0 Å². The van der Waals surface area contributed by atoms with E-state index in [1.165, 1.54) is 11.3 Å². The maximum absolute atomic E-state index is 11.7. The van der Waals surface area contributed by atoms with Crippen LogP contribution in [0.25, 0.3) is 0 Å². The molecule has 1 heterocycles. The van der Waals surface area contributed by atoms with E-state index in [1.807, 2.05) is 24.4 Å². The van der Waals surface area contributed by atoms with Crippen LogP contribution in [0.3, 0.4) is 0 Å². The van der Waals surface area contributed by atoms with Gasteiger partial charge in [0.25, 0.3) is 0 Å². The van der Waals surface area contributed by atoms with Crippen molar-refractivity contribution < 1.29 is 9.53 Å². The third-order valence-corrected chi connectivity index (χ3v) is 3.10. The molecule has 1 aromatic rings. The van der Waals surface area contributed by atoms with Gasteiger partial charge in [0.05, 0.1) is 16.9 Å². The number of ether oxygens (including phenoxy) is 1. The summed E-state index contributed by atoms with van der Waals surface area (Å²) >= 11 is 1.51. The lowest BCUT2D eigenvalue weighted by atomic mass is 10.2. The van der Waals surface area contributed by atoms with Gasteiger partial charge < -0.3 is 4.74 Å². The van der Waals surface area contributed by atoms with E-state index in [4.69, 9.17) is 4.74 Å². The zero-order valence-electron chi connectivity index (χ0n) is 7.53. The molecule has 2 unspecified atom stereocenters. The standard InChI is InChI=1S/C10H12O2S/c1-2-12-8-6-7(8)10(11)9-4-3-5-13-9/h3-5,7-8H,2,6H2,1H3. The molecule has 1 aromatic heterocycles. The Morgan fingerprint density at radius 1 is 1.77 bits per heavy atom. The largest absolute Gasteiger partial charge is 0.378 e. The van der Waals surface area contributed by atoms with Gasteiger partial charge in [0, 0.05) is 6.61 Å². The molecule has 0 bridgehead atoms. The zero-order chi connectivity index (χ0) is 9.26. The topological polar surface area (TPSA) is 26.3 Å². The van der Waals surface area contributed by atoms with Crippen LogP contribution in [-0.2, 0) is 4.74 Å². The highest BCUT2D eigenvalue weighted by molar-refractivity contribution is 7.12. The van der Waals surface area contributed by atoms with E-state index in [0.29, 0.717) is 6.61 Å². The third-order valence-electron chi connectivity index (χ3n) is 2.21. The fourth-order valence-corrected chi connectivity index (χ4v) is 2.18. The molecule has 1 aliphatic rings. The third kappa shape index (κ3) is 1.81. The number of hydrogen-bond donors (Lipinski definition) is 0. The second-order valence-electron chi connectivity index (χ2n) is 3.18. The quantitative estimate of drug-likeness (QED) is 0.691. The fraction of sp³-hybridized carbons (Fsp3) is 0.500. The SMILES string of the molecule is CCOC1CC1C(=O)c1cccs1. The molecule has 0 aromatic carbocycles. The first kappa shape index (κ1) is 8.91. The summed E-state index contributed by atoms with van der Waals surface area (Å²) in [5, 5.41) is 1.94. The summed E-state index contributed by atoms with van der Waals surface area (Å²) in [5.41, 5.74) is 0. The molecule has 2 atom stereocenters. The number of thiophene rings is 1. The van der Waals surface area contributed by atoms with Crippen LogP contribution >= 0.6 is 11.3 Å². The zero-order valence-corrected chi connectivity index (χ0v) is 8.34. The summed E-state index contributed by atoms with van der Waals surface area (Å²) in [7, 11) is 0. The van der Waals surface area contributed by atoms with Gasteiger partial charge in [-0.2, -0.15) is 0 Å². The molecule has 1 aliphatic carbocycles. The van der Waals surface area contributed by atoms with Crippen LogP contribution in [-0.4, -0.2) is 18.5 Å². The highest BCUT2D eigenvalue weighted by atomic mass is 32.1. The number of carbonyl (C=O) groups is 1. The summed E-state index contributed by atoms with van der Waals surface area (Å²) in [5.74, 6) is 0.395. The Bertz CT molecular complexity index is 292. The van der Waals surface area contributed by atoms with Crippen LogP contribution in [0, 0.1) is 5.92 Å². The minimum Gasteiger partial charge on any atom is -0.378 e. The van der Waals surface area contributed by atoms with Crippen molar-refractivity contribution in [2.24, 2.45) is 5.92 Å². The van der Waals surface area contributed by atoms with E-state index in [9.17, 15) is 4.79 Å². The van der Waals surface area contributed by atoms with Crippen molar-refractivity contribution in [3.8, 4) is 0 Å². The highest BCUT2D eigenvalue weighted by Crippen LogP contribution is 2.37. The molecule has 2 nitrogen and oxygen atoms in total. The number of ketones is 1. The average Bonchev–Trinajstić information content (AvgIpc) is 2.67. The molecule has 1 saturated carbocycles. The second-order valence-corrected chi connectivity index (χ2v) is 4.13. The Balaban J connectivity index is 1.94. The number of Topliss-reactive ketones (excluding diaryl/α,β-unsaturated/α-hetero) is 1. The van der Waals surface area contributed by atoms with Crippen molar-refractivity contribution in [3.05, 3.63) is 22.4 Å². The summed E-state index contributed by atoms with van der Waals surface area (Å²) in [4.78, 5) is 12.6. The lowest BCUT2D eigenvalue weighted by Gasteiger charge is -1.97. The summed E-state index contributed by atoms with van der Waals surface area (Å²) in [6, 6.07) is 3.80. The molecule has 0 spiro atoms. The first-order valence-corrected chi connectivity index (χ1v) is 5.40. The van der Waals surface area contributed by atoms with Crippen molar-refractivity contribution in [3.63, 3.8) is 0 Å². The monoisotopic (exact) mass is 196 g/mol. The first-order chi connectivity index (χ1) is 6.33. The molecule has 2 rings (SSSR count). The van der Waals surface area contributed by atoms with E-state index in [-0.39, 0.29) is 17.8 Å². The van der Waals surface area contributed by atoms with Gasteiger partial charge in [-0.25, -0.2) is 0 Å². The molecule has 0 radical (unpaired) electrons. The Morgan fingerprint density at radius 2 is 2.62 bits per heavy atom. The van der Waals surface area contributed by atoms with Gasteiger partial charge in [0.15, 0.2) is 5.78 Å². The van der Waals surface area contributed by atoms with E-state index >= 15 is 0 Å². The normalized spacial score (nSPS) is 25.9. The van der Waals surface area contributed by atoms with Crippen molar-refractivity contribution in [1.82, 2.24) is 0 Å². The van der Waals surface area contributed by atoms with Crippen molar-refractivity contribution in [1.29, 1.82) is 0 Å². The molecule has 1 fully saturated rings. The summed E-state index contributed by atoms with van der Waals surface area (Å²) in [6.07, 6.45) is 1.10. The van der Waals surface area contributed by atoms with Gasteiger partial charge in [0.2, 0.25) is 0 Å². The van der Waals surface area contributed by atoms with Crippen LogP contribution in [0.1, 0.15) is 23.0 Å².